The summed E-state index contributed by atoms with van der Waals surface area (Å²) in [6, 6.07) is 11.6. The summed E-state index contributed by atoms with van der Waals surface area (Å²) in [7, 11) is 1.82. The van der Waals surface area contributed by atoms with Crippen LogP contribution >= 0.6 is 0 Å². The van der Waals surface area contributed by atoms with Crippen LogP contribution in [0.25, 0.3) is 10.9 Å². The molecule has 2 aliphatic rings. The topological polar surface area (TPSA) is 62.6 Å². The molecular weight excluding hydrogens is 519 g/mol. The van der Waals surface area contributed by atoms with E-state index in [9.17, 15) is 18.0 Å². The summed E-state index contributed by atoms with van der Waals surface area (Å²) < 4.78 is 50.8. The first-order valence-corrected chi connectivity index (χ1v) is 13.5. The molecule has 1 atom stereocenters. The van der Waals surface area contributed by atoms with Crippen molar-refractivity contribution in [1.29, 1.82) is 0 Å². The van der Waals surface area contributed by atoms with Gasteiger partial charge in [-0.1, -0.05) is 18.2 Å². The Morgan fingerprint density at radius 2 is 1.90 bits per heavy atom. The molecule has 1 unspecified atom stereocenters. The van der Waals surface area contributed by atoms with Crippen molar-refractivity contribution in [3.63, 3.8) is 0 Å². The van der Waals surface area contributed by atoms with Gasteiger partial charge in [0.15, 0.2) is 17.0 Å². The molecule has 1 N–H and O–H groups in total. The summed E-state index contributed by atoms with van der Waals surface area (Å²) in [6.45, 7) is 2.64. The second kappa shape index (κ2) is 10.8. The maximum atomic E-state index is 14.8. The van der Waals surface area contributed by atoms with Gasteiger partial charge in [0, 0.05) is 56.6 Å². The Hall–Kier alpha value is -4.05. The molecule has 2 aromatic carbocycles. The normalized spacial score (nSPS) is 16.8. The number of piperidine rings is 1. The van der Waals surface area contributed by atoms with Crippen molar-refractivity contribution in [2.75, 3.05) is 37.0 Å². The van der Waals surface area contributed by atoms with Crippen molar-refractivity contribution in [1.82, 2.24) is 14.5 Å². The predicted octanol–water partition coefficient (Wildman–Crippen LogP) is 4.92. The van der Waals surface area contributed by atoms with Gasteiger partial charge in [-0.15, -0.1) is 0 Å². The van der Waals surface area contributed by atoms with E-state index in [2.05, 4.69) is 20.1 Å². The van der Waals surface area contributed by atoms with Crippen LogP contribution in [0.15, 0.2) is 59.7 Å². The second-order valence-electron chi connectivity index (χ2n) is 10.3. The van der Waals surface area contributed by atoms with E-state index in [0.717, 1.165) is 37.0 Å². The van der Waals surface area contributed by atoms with Crippen LogP contribution in [0.4, 0.5) is 24.7 Å². The lowest BCUT2D eigenvalue weighted by Gasteiger charge is -2.40. The van der Waals surface area contributed by atoms with Crippen LogP contribution in [0.2, 0.25) is 0 Å². The molecular formula is C30H30F3N5O2. The molecule has 208 valence electrons. The van der Waals surface area contributed by atoms with Gasteiger partial charge in [0.1, 0.15) is 18.2 Å². The van der Waals surface area contributed by atoms with Crippen LogP contribution < -0.4 is 20.4 Å². The van der Waals surface area contributed by atoms with Crippen molar-refractivity contribution < 1.29 is 17.9 Å². The minimum Gasteiger partial charge on any atom is -0.486 e. The quantitative estimate of drug-likeness (QED) is 0.353. The van der Waals surface area contributed by atoms with E-state index in [1.54, 1.807) is 29.0 Å². The van der Waals surface area contributed by atoms with Gasteiger partial charge in [0.05, 0.1) is 29.3 Å². The van der Waals surface area contributed by atoms with Crippen LogP contribution in [0, 0.1) is 17.5 Å². The minimum absolute atomic E-state index is 0.0117. The number of anilines is 2. The number of ether oxygens (including phenoxy) is 1. The highest BCUT2D eigenvalue weighted by Crippen LogP contribution is 2.33. The molecule has 4 heterocycles. The first-order valence-electron chi connectivity index (χ1n) is 13.5. The minimum atomic E-state index is -1.12. The van der Waals surface area contributed by atoms with Gasteiger partial charge in [-0.25, -0.2) is 13.8 Å². The highest BCUT2D eigenvalue weighted by Gasteiger charge is 2.29. The van der Waals surface area contributed by atoms with Crippen LogP contribution in [0.1, 0.15) is 24.0 Å². The number of nitrogens with zero attached hydrogens (tertiary/aromatic N) is 4. The second-order valence-corrected chi connectivity index (χ2v) is 10.3. The summed E-state index contributed by atoms with van der Waals surface area (Å²) in [5.74, 6) is -1.96. The highest BCUT2D eigenvalue weighted by molar-refractivity contribution is 5.86. The molecule has 2 aliphatic heterocycles. The van der Waals surface area contributed by atoms with Gasteiger partial charge in [-0.3, -0.25) is 9.69 Å². The number of pyridine rings is 2. The number of hydrogen-bond acceptors (Lipinski definition) is 6. The first-order chi connectivity index (χ1) is 19.4. The van der Waals surface area contributed by atoms with E-state index in [1.807, 2.05) is 25.4 Å². The molecule has 0 spiro atoms. The highest BCUT2D eigenvalue weighted by atomic mass is 19.2. The SMILES string of the molecule is CNc1ccc(N2CCCC(N(Cc3ccccc3F)Cc3cn4c5c(c(F)c(F)cc5c3=O)OCC4)C2)cn1. The van der Waals surface area contributed by atoms with Crippen molar-refractivity contribution in [2.24, 2.45) is 0 Å². The molecule has 10 heteroatoms. The lowest BCUT2D eigenvalue weighted by Crippen LogP contribution is -2.48. The molecule has 0 aliphatic carbocycles. The Morgan fingerprint density at radius 3 is 2.67 bits per heavy atom. The predicted molar refractivity (Wildman–Crippen MR) is 148 cm³/mol. The van der Waals surface area contributed by atoms with Gasteiger partial charge < -0.3 is 19.5 Å². The number of benzene rings is 2. The fraction of sp³-hybridized carbons (Fsp3) is 0.333. The van der Waals surface area contributed by atoms with Crippen LogP contribution in [0.3, 0.4) is 0 Å². The molecule has 6 rings (SSSR count). The van der Waals surface area contributed by atoms with E-state index < -0.39 is 11.6 Å². The van der Waals surface area contributed by atoms with E-state index in [-0.39, 0.29) is 47.1 Å². The lowest BCUT2D eigenvalue weighted by molar-refractivity contribution is 0.156. The van der Waals surface area contributed by atoms with Gasteiger partial charge in [-0.05, 0) is 37.1 Å². The molecule has 2 aromatic heterocycles. The summed E-state index contributed by atoms with van der Waals surface area (Å²) in [4.78, 5) is 22.5. The standard InChI is InChI=1S/C30H30F3N5O2/c1-34-26-9-8-21(14-35-26)36-10-4-6-22(18-36)38(15-19-5-2-3-7-24(19)31)17-20-16-37-11-12-40-30-27(33)25(32)13-23(28(30)37)29(20)39/h2-3,5,7-9,13-14,16,22H,4,6,10-12,15,17-18H2,1H3,(H,34,35). The monoisotopic (exact) mass is 549 g/mol. The van der Waals surface area contributed by atoms with Gasteiger partial charge >= 0.3 is 0 Å². The Balaban J connectivity index is 1.37. The summed E-state index contributed by atoms with van der Waals surface area (Å²) in [6.07, 6.45) is 5.33. The summed E-state index contributed by atoms with van der Waals surface area (Å²) in [5.41, 5.74) is 1.86. The first kappa shape index (κ1) is 26.2. The third kappa shape index (κ3) is 4.88. The molecule has 0 bridgehead atoms. The Bertz CT molecular complexity index is 1610. The van der Waals surface area contributed by atoms with Crippen LogP contribution in [-0.2, 0) is 19.6 Å². The molecule has 1 saturated heterocycles. The number of nitrogens with one attached hydrogen (secondary N) is 1. The maximum Gasteiger partial charge on any atom is 0.202 e. The number of halogens is 3. The van der Waals surface area contributed by atoms with Gasteiger partial charge in [-0.2, -0.15) is 4.39 Å². The Morgan fingerprint density at radius 1 is 1.07 bits per heavy atom. The molecule has 0 radical (unpaired) electrons. The molecule has 40 heavy (non-hydrogen) atoms. The number of hydrogen-bond donors (Lipinski definition) is 1. The van der Waals surface area contributed by atoms with E-state index in [4.69, 9.17) is 4.74 Å². The molecule has 1 fully saturated rings. The summed E-state index contributed by atoms with van der Waals surface area (Å²) in [5, 5.41) is 3.11. The van der Waals surface area contributed by atoms with Gasteiger partial charge in [0.25, 0.3) is 0 Å². The maximum absolute atomic E-state index is 14.8. The molecule has 0 saturated carbocycles. The third-order valence-electron chi connectivity index (χ3n) is 7.85. The number of rotatable bonds is 7. The zero-order valence-electron chi connectivity index (χ0n) is 22.2. The zero-order valence-corrected chi connectivity index (χ0v) is 22.2. The van der Waals surface area contributed by atoms with Crippen molar-refractivity contribution in [3.05, 3.63) is 93.7 Å². The average molecular weight is 550 g/mol. The van der Waals surface area contributed by atoms with Crippen molar-refractivity contribution >= 4 is 22.4 Å². The summed E-state index contributed by atoms with van der Waals surface area (Å²) >= 11 is 0. The van der Waals surface area contributed by atoms with Gasteiger partial charge in [0.2, 0.25) is 5.82 Å². The molecule has 0 amide bonds. The Kier molecular flexibility index (Phi) is 7.10. The third-order valence-corrected chi connectivity index (χ3v) is 7.85. The van der Waals surface area contributed by atoms with E-state index >= 15 is 0 Å². The lowest BCUT2D eigenvalue weighted by atomic mass is 10.0. The van der Waals surface area contributed by atoms with Crippen LogP contribution in [-0.4, -0.2) is 47.2 Å². The zero-order chi connectivity index (χ0) is 27.8. The van der Waals surface area contributed by atoms with E-state index in [0.29, 0.717) is 30.8 Å². The Labute approximate surface area is 229 Å². The van der Waals surface area contributed by atoms with Crippen LogP contribution in [0.5, 0.6) is 5.75 Å². The van der Waals surface area contributed by atoms with Crippen molar-refractivity contribution in [3.8, 4) is 5.75 Å². The largest absolute Gasteiger partial charge is 0.486 e. The van der Waals surface area contributed by atoms with Crippen molar-refractivity contribution in [2.45, 2.75) is 38.5 Å². The fourth-order valence-corrected chi connectivity index (χ4v) is 5.79. The van der Waals surface area contributed by atoms with E-state index in [1.165, 1.54) is 6.07 Å². The smallest absolute Gasteiger partial charge is 0.202 e. The fourth-order valence-electron chi connectivity index (χ4n) is 5.79. The average Bonchev–Trinajstić information content (AvgIpc) is 2.98. The molecule has 7 nitrogen and oxygen atoms in total. The number of aromatic nitrogens is 2. The molecule has 4 aromatic rings.